The maximum Gasteiger partial charge on any atom is 0.234 e. The highest BCUT2D eigenvalue weighted by atomic mass is 32.2. The zero-order chi connectivity index (χ0) is 19.6. The molecule has 0 unspecified atom stereocenters. The van der Waals surface area contributed by atoms with Gasteiger partial charge in [-0.2, -0.15) is 0 Å². The van der Waals surface area contributed by atoms with Crippen molar-refractivity contribution in [2.45, 2.75) is 26.0 Å². The molecule has 0 atom stereocenters. The van der Waals surface area contributed by atoms with Crippen molar-refractivity contribution in [1.29, 1.82) is 0 Å². The van der Waals surface area contributed by atoms with Crippen molar-refractivity contribution in [3.8, 4) is 0 Å². The molecule has 0 radical (unpaired) electrons. The highest BCUT2D eigenvalue weighted by Gasteiger charge is 2.22. The van der Waals surface area contributed by atoms with Gasteiger partial charge in [0.25, 0.3) is 0 Å². The van der Waals surface area contributed by atoms with Crippen LogP contribution in [0.5, 0.6) is 0 Å². The number of hydrogen-bond donors (Lipinski definition) is 1. The number of carbonyl (C=O) groups is 2. The van der Waals surface area contributed by atoms with Crippen molar-refractivity contribution in [2.24, 2.45) is 0 Å². The van der Waals surface area contributed by atoms with Crippen molar-refractivity contribution in [1.82, 2.24) is 20.3 Å². The number of carbonyl (C=O) groups excluding carboxylic acids is 2. The Bertz CT molecular complexity index is 595. The first kappa shape index (κ1) is 21.7. The third kappa shape index (κ3) is 7.15. The molecule has 1 aromatic heterocycles. The summed E-state index contributed by atoms with van der Waals surface area (Å²) in [7, 11) is 1.65. The summed E-state index contributed by atoms with van der Waals surface area (Å²) in [6.07, 6.45) is 0.816. The maximum absolute atomic E-state index is 12.4. The highest BCUT2D eigenvalue weighted by Crippen LogP contribution is 2.19. The van der Waals surface area contributed by atoms with Gasteiger partial charge in [-0.25, -0.2) is 0 Å². The van der Waals surface area contributed by atoms with E-state index in [-0.39, 0.29) is 11.8 Å². The number of rotatable bonds is 10. The summed E-state index contributed by atoms with van der Waals surface area (Å²) in [5, 5.41) is 6.83. The van der Waals surface area contributed by atoms with Crippen LogP contribution in [-0.2, 0) is 20.1 Å². The molecule has 2 rings (SSSR count). The van der Waals surface area contributed by atoms with Crippen LogP contribution in [0.1, 0.15) is 23.4 Å². The van der Waals surface area contributed by atoms with E-state index in [0.717, 1.165) is 42.3 Å². The van der Waals surface area contributed by atoms with Gasteiger partial charge < -0.3 is 19.5 Å². The number of nitrogens with one attached hydrogen (secondary N) is 1. The molecule has 2 amide bonds. The van der Waals surface area contributed by atoms with E-state index < -0.39 is 0 Å². The lowest BCUT2D eigenvalue weighted by molar-refractivity contribution is -0.130. The van der Waals surface area contributed by atoms with Gasteiger partial charge in [0, 0.05) is 57.8 Å². The predicted octanol–water partition coefficient (Wildman–Crippen LogP) is 0.822. The predicted molar refractivity (Wildman–Crippen MR) is 105 cm³/mol. The normalized spacial score (nSPS) is 15.1. The van der Waals surface area contributed by atoms with E-state index in [1.807, 2.05) is 18.7 Å². The van der Waals surface area contributed by atoms with Gasteiger partial charge in [0.2, 0.25) is 11.8 Å². The Balaban J connectivity index is 1.61. The second-order valence-corrected chi connectivity index (χ2v) is 7.63. The quantitative estimate of drug-likeness (QED) is 0.584. The maximum atomic E-state index is 12.4. The van der Waals surface area contributed by atoms with E-state index in [1.54, 1.807) is 18.9 Å². The highest BCUT2D eigenvalue weighted by molar-refractivity contribution is 7.99. The fraction of sp³-hybridized carbons (Fsp3) is 0.722. The van der Waals surface area contributed by atoms with E-state index in [4.69, 9.17) is 9.26 Å². The van der Waals surface area contributed by atoms with E-state index in [1.165, 1.54) is 0 Å². The van der Waals surface area contributed by atoms with Crippen molar-refractivity contribution in [3.63, 3.8) is 0 Å². The average molecular weight is 399 g/mol. The Morgan fingerprint density at radius 3 is 2.63 bits per heavy atom. The summed E-state index contributed by atoms with van der Waals surface area (Å²) >= 11 is 1.59. The average Bonchev–Trinajstić information content (AvgIpc) is 2.98. The Kier molecular flexibility index (Phi) is 9.09. The number of nitrogens with zero attached hydrogens (tertiary/aromatic N) is 3. The van der Waals surface area contributed by atoms with E-state index in [9.17, 15) is 9.59 Å². The molecule has 1 aliphatic rings. The minimum Gasteiger partial charge on any atom is -0.385 e. The molecule has 8 nitrogen and oxygen atoms in total. The molecule has 152 valence electrons. The first-order valence-electron chi connectivity index (χ1n) is 9.26. The van der Waals surface area contributed by atoms with E-state index in [0.29, 0.717) is 38.5 Å². The summed E-state index contributed by atoms with van der Waals surface area (Å²) in [5.41, 5.74) is 1.97. The Labute approximate surface area is 164 Å². The summed E-state index contributed by atoms with van der Waals surface area (Å²) in [6.45, 7) is 8.27. The number of amides is 2. The van der Waals surface area contributed by atoms with Crippen LogP contribution in [0.3, 0.4) is 0 Å². The molecule has 0 spiro atoms. The molecule has 27 heavy (non-hydrogen) atoms. The number of piperazine rings is 1. The van der Waals surface area contributed by atoms with Gasteiger partial charge in [-0.3, -0.25) is 14.5 Å². The van der Waals surface area contributed by atoms with Crippen molar-refractivity contribution in [2.75, 3.05) is 58.7 Å². The Hall–Kier alpha value is -1.58. The number of ether oxygens (including phenoxy) is 1. The van der Waals surface area contributed by atoms with Gasteiger partial charge >= 0.3 is 0 Å². The monoisotopic (exact) mass is 398 g/mol. The molecule has 1 aliphatic heterocycles. The van der Waals surface area contributed by atoms with Gasteiger partial charge in [-0.05, 0) is 20.3 Å². The van der Waals surface area contributed by atoms with Crippen LogP contribution in [-0.4, -0.2) is 85.5 Å². The number of thioether (sulfide) groups is 1. The molecule has 0 aliphatic carbocycles. The SMILES string of the molecule is COCCCNC(=O)CN1CCN(C(=O)CSCc2c(C)noc2C)CC1. The van der Waals surface area contributed by atoms with Crippen molar-refractivity contribution in [3.05, 3.63) is 17.0 Å². The molecule has 1 fully saturated rings. The van der Waals surface area contributed by atoms with Gasteiger partial charge in [0.05, 0.1) is 18.0 Å². The van der Waals surface area contributed by atoms with Crippen LogP contribution in [0, 0.1) is 13.8 Å². The third-order valence-corrected chi connectivity index (χ3v) is 5.54. The standard InChI is InChI=1S/C18H30N4O4S/c1-14-16(15(2)26-20-14)12-27-13-18(24)22-8-6-21(7-9-22)11-17(23)19-5-4-10-25-3/h4-13H2,1-3H3,(H,19,23). The van der Waals surface area contributed by atoms with Crippen LogP contribution >= 0.6 is 11.8 Å². The number of aromatic nitrogens is 1. The smallest absolute Gasteiger partial charge is 0.234 e. The second-order valence-electron chi connectivity index (χ2n) is 6.65. The van der Waals surface area contributed by atoms with E-state index >= 15 is 0 Å². The third-order valence-electron chi connectivity index (χ3n) is 4.59. The molecule has 1 saturated heterocycles. The molecular weight excluding hydrogens is 368 g/mol. The summed E-state index contributed by atoms with van der Waals surface area (Å²) in [4.78, 5) is 28.3. The van der Waals surface area contributed by atoms with Crippen LogP contribution in [0.15, 0.2) is 4.52 Å². The largest absolute Gasteiger partial charge is 0.385 e. The lowest BCUT2D eigenvalue weighted by Crippen LogP contribution is -2.51. The van der Waals surface area contributed by atoms with Gasteiger partial charge in [0.15, 0.2) is 0 Å². The van der Waals surface area contributed by atoms with Crippen LogP contribution in [0.2, 0.25) is 0 Å². The zero-order valence-electron chi connectivity index (χ0n) is 16.5. The summed E-state index contributed by atoms with van der Waals surface area (Å²) < 4.78 is 10.1. The summed E-state index contributed by atoms with van der Waals surface area (Å²) in [5.74, 6) is 2.18. The van der Waals surface area contributed by atoms with Gasteiger partial charge in [-0.1, -0.05) is 5.16 Å². The fourth-order valence-electron chi connectivity index (χ4n) is 2.90. The Morgan fingerprint density at radius 1 is 1.26 bits per heavy atom. The number of aryl methyl sites for hydroxylation is 2. The minimum absolute atomic E-state index is 0.0286. The van der Waals surface area contributed by atoms with Gasteiger partial charge in [-0.15, -0.1) is 11.8 Å². The first-order valence-corrected chi connectivity index (χ1v) is 10.4. The molecular formula is C18H30N4O4S. The number of methoxy groups -OCH3 is 1. The van der Waals surface area contributed by atoms with E-state index in [2.05, 4.69) is 15.4 Å². The molecule has 1 aromatic rings. The molecule has 0 aromatic carbocycles. The summed E-state index contributed by atoms with van der Waals surface area (Å²) in [6, 6.07) is 0. The topological polar surface area (TPSA) is 87.9 Å². The van der Waals surface area contributed by atoms with Crippen LogP contribution < -0.4 is 5.32 Å². The van der Waals surface area contributed by atoms with Crippen LogP contribution in [0.4, 0.5) is 0 Å². The van der Waals surface area contributed by atoms with Crippen molar-refractivity contribution < 1.29 is 18.8 Å². The molecule has 0 bridgehead atoms. The number of hydrogen-bond acceptors (Lipinski definition) is 7. The fourth-order valence-corrected chi connectivity index (χ4v) is 3.97. The lowest BCUT2D eigenvalue weighted by atomic mass is 10.2. The zero-order valence-corrected chi connectivity index (χ0v) is 17.3. The van der Waals surface area contributed by atoms with Gasteiger partial charge in [0.1, 0.15) is 5.76 Å². The molecule has 2 heterocycles. The first-order chi connectivity index (χ1) is 13.0. The Morgan fingerprint density at radius 2 is 2.00 bits per heavy atom. The lowest BCUT2D eigenvalue weighted by Gasteiger charge is -2.34. The molecule has 0 saturated carbocycles. The molecule has 9 heteroatoms. The molecule has 1 N–H and O–H groups in total. The second kappa shape index (κ2) is 11.3. The van der Waals surface area contributed by atoms with Crippen LogP contribution in [0.25, 0.3) is 0 Å². The van der Waals surface area contributed by atoms with Crippen molar-refractivity contribution >= 4 is 23.6 Å². The minimum atomic E-state index is 0.0286.